The molecule has 146 valence electrons. The molecule has 28 heavy (non-hydrogen) atoms. The quantitative estimate of drug-likeness (QED) is 0.441. The molecule has 0 spiro atoms. The number of nitrogens with zero attached hydrogens (tertiary/aromatic N) is 3. The Balaban J connectivity index is 1.80. The molecule has 0 saturated carbocycles. The van der Waals surface area contributed by atoms with E-state index in [2.05, 4.69) is 15.5 Å². The summed E-state index contributed by atoms with van der Waals surface area (Å²) >= 11 is 1.29. The molecule has 1 aromatic heterocycles. The number of amides is 1. The van der Waals surface area contributed by atoms with Crippen LogP contribution in [0.3, 0.4) is 0 Å². The standard InChI is InChI=1S/C20H21FN4O2S/c1-27-13-5-12-22-18(26)14-28-20-24-23-19(15-6-3-2-4-7-15)25(20)17-10-8-16(21)9-11-17/h2-4,6-11H,5,12-14H2,1H3,(H,22,26). The van der Waals surface area contributed by atoms with Crippen molar-refractivity contribution >= 4 is 17.7 Å². The van der Waals surface area contributed by atoms with Gasteiger partial charge < -0.3 is 10.1 Å². The van der Waals surface area contributed by atoms with Crippen LogP contribution in [0.4, 0.5) is 4.39 Å². The molecule has 8 heteroatoms. The Morgan fingerprint density at radius 1 is 1.14 bits per heavy atom. The second-order valence-corrected chi connectivity index (χ2v) is 6.91. The van der Waals surface area contributed by atoms with Gasteiger partial charge in [-0.25, -0.2) is 4.39 Å². The average Bonchev–Trinajstić information content (AvgIpc) is 3.15. The lowest BCUT2D eigenvalue weighted by atomic mass is 10.2. The molecule has 6 nitrogen and oxygen atoms in total. The fraction of sp³-hybridized carbons (Fsp3) is 0.250. The zero-order chi connectivity index (χ0) is 19.8. The number of aromatic nitrogens is 3. The number of benzene rings is 2. The van der Waals surface area contributed by atoms with E-state index in [0.29, 0.717) is 24.1 Å². The Kier molecular flexibility index (Phi) is 7.16. The Morgan fingerprint density at radius 2 is 1.89 bits per heavy atom. The molecule has 1 N–H and O–H groups in total. The Bertz CT molecular complexity index is 900. The maximum atomic E-state index is 13.4. The van der Waals surface area contributed by atoms with Crippen molar-refractivity contribution in [3.63, 3.8) is 0 Å². The summed E-state index contributed by atoms with van der Waals surface area (Å²) < 4.78 is 20.2. The van der Waals surface area contributed by atoms with Gasteiger partial charge in [0.25, 0.3) is 0 Å². The normalized spacial score (nSPS) is 10.8. The van der Waals surface area contributed by atoms with Gasteiger partial charge in [-0.15, -0.1) is 10.2 Å². The monoisotopic (exact) mass is 400 g/mol. The van der Waals surface area contributed by atoms with Crippen LogP contribution >= 0.6 is 11.8 Å². The summed E-state index contributed by atoms with van der Waals surface area (Å²) in [4.78, 5) is 12.1. The van der Waals surface area contributed by atoms with Gasteiger partial charge in [-0.1, -0.05) is 42.1 Å². The van der Waals surface area contributed by atoms with E-state index >= 15 is 0 Å². The second-order valence-electron chi connectivity index (χ2n) is 5.97. The molecule has 1 amide bonds. The molecular formula is C20H21FN4O2S. The van der Waals surface area contributed by atoms with Crippen molar-refractivity contribution in [3.8, 4) is 17.1 Å². The maximum absolute atomic E-state index is 13.4. The van der Waals surface area contributed by atoms with Gasteiger partial charge >= 0.3 is 0 Å². The summed E-state index contributed by atoms with van der Waals surface area (Å²) in [5.74, 6) is 0.440. The highest BCUT2D eigenvalue weighted by molar-refractivity contribution is 7.99. The lowest BCUT2D eigenvalue weighted by molar-refractivity contribution is -0.118. The zero-order valence-electron chi connectivity index (χ0n) is 15.5. The van der Waals surface area contributed by atoms with Crippen molar-refractivity contribution in [3.05, 3.63) is 60.4 Å². The van der Waals surface area contributed by atoms with Crippen molar-refractivity contribution in [1.82, 2.24) is 20.1 Å². The SMILES string of the molecule is COCCCNC(=O)CSc1nnc(-c2ccccc2)n1-c1ccc(F)cc1. The molecule has 0 radical (unpaired) electrons. The summed E-state index contributed by atoms with van der Waals surface area (Å²) in [5, 5.41) is 12.0. The van der Waals surface area contributed by atoms with E-state index in [1.54, 1.807) is 19.2 Å². The van der Waals surface area contributed by atoms with Crippen LogP contribution in [0.1, 0.15) is 6.42 Å². The van der Waals surface area contributed by atoms with Gasteiger partial charge in [-0.2, -0.15) is 0 Å². The minimum atomic E-state index is -0.317. The van der Waals surface area contributed by atoms with Gasteiger partial charge in [0.05, 0.1) is 5.75 Å². The summed E-state index contributed by atoms with van der Waals surface area (Å²) in [6, 6.07) is 15.7. The summed E-state index contributed by atoms with van der Waals surface area (Å²) in [7, 11) is 1.63. The number of rotatable bonds is 9. The molecule has 1 heterocycles. The van der Waals surface area contributed by atoms with E-state index < -0.39 is 0 Å². The predicted octanol–water partition coefficient (Wildman–Crippen LogP) is 3.32. The molecule has 0 unspecified atom stereocenters. The lowest BCUT2D eigenvalue weighted by Crippen LogP contribution is -2.26. The first-order valence-corrected chi connectivity index (χ1v) is 9.83. The fourth-order valence-corrected chi connectivity index (χ4v) is 3.37. The molecule has 0 atom stereocenters. The Hall–Kier alpha value is -2.71. The fourth-order valence-electron chi connectivity index (χ4n) is 2.59. The number of halogens is 1. The van der Waals surface area contributed by atoms with Crippen LogP contribution < -0.4 is 5.32 Å². The lowest BCUT2D eigenvalue weighted by Gasteiger charge is -2.10. The zero-order valence-corrected chi connectivity index (χ0v) is 16.3. The van der Waals surface area contributed by atoms with E-state index in [4.69, 9.17) is 4.74 Å². The number of hydrogen-bond donors (Lipinski definition) is 1. The number of carbonyl (C=O) groups excluding carboxylic acids is 1. The van der Waals surface area contributed by atoms with Crippen molar-refractivity contribution in [2.75, 3.05) is 26.0 Å². The molecule has 3 aromatic rings. The van der Waals surface area contributed by atoms with E-state index in [1.165, 1.54) is 23.9 Å². The first-order valence-electron chi connectivity index (χ1n) is 8.84. The summed E-state index contributed by atoms with van der Waals surface area (Å²) in [6.45, 7) is 1.17. The average molecular weight is 400 g/mol. The number of hydrogen-bond acceptors (Lipinski definition) is 5. The van der Waals surface area contributed by atoms with Crippen LogP contribution in [0.5, 0.6) is 0 Å². The van der Waals surface area contributed by atoms with Crippen LogP contribution in [0.25, 0.3) is 17.1 Å². The van der Waals surface area contributed by atoms with Crippen LogP contribution in [0.15, 0.2) is 59.8 Å². The largest absolute Gasteiger partial charge is 0.385 e. The number of methoxy groups -OCH3 is 1. The third-order valence-corrected chi connectivity index (χ3v) is 4.86. The molecule has 0 saturated heterocycles. The van der Waals surface area contributed by atoms with E-state index in [1.807, 2.05) is 34.9 Å². The van der Waals surface area contributed by atoms with Crippen LogP contribution in [0, 0.1) is 5.82 Å². The van der Waals surface area contributed by atoms with Crippen LogP contribution in [-0.4, -0.2) is 46.7 Å². The van der Waals surface area contributed by atoms with Crippen LogP contribution in [-0.2, 0) is 9.53 Å². The third-order valence-electron chi connectivity index (χ3n) is 3.93. The first kappa shape index (κ1) is 20.0. The highest BCUT2D eigenvalue weighted by atomic mass is 32.2. The van der Waals surface area contributed by atoms with Gasteiger partial charge in [0.15, 0.2) is 11.0 Å². The van der Waals surface area contributed by atoms with Gasteiger partial charge in [0.2, 0.25) is 5.91 Å². The number of nitrogens with one attached hydrogen (secondary N) is 1. The topological polar surface area (TPSA) is 69.0 Å². The predicted molar refractivity (Wildman–Crippen MR) is 107 cm³/mol. The minimum absolute atomic E-state index is 0.0870. The molecular weight excluding hydrogens is 379 g/mol. The van der Waals surface area contributed by atoms with E-state index in [9.17, 15) is 9.18 Å². The Labute approximate surface area is 167 Å². The van der Waals surface area contributed by atoms with Crippen molar-refractivity contribution < 1.29 is 13.9 Å². The first-order chi connectivity index (χ1) is 13.7. The van der Waals surface area contributed by atoms with E-state index in [0.717, 1.165) is 17.7 Å². The van der Waals surface area contributed by atoms with Crippen LogP contribution in [0.2, 0.25) is 0 Å². The van der Waals surface area contributed by atoms with Gasteiger partial charge in [0.1, 0.15) is 5.82 Å². The number of carbonyl (C=O) groups is 1. The minimum Gasteiger partial charge on any atom is -0.385 e. The summed E-state index contributed by atoms with van der Waals surface area (Å²) in [5.41, 5.74) is 1.61. The Morgan fingerprint density at radius 3 is 2.61 bits per heavy atom. The molecule has 0 aliphatic rings. The van der Waals surface area contributed by atoms with Gasteiger partial charge in [-0.3, -0.25) is 9.36 Å². The third kappa shape index (κ3) is 5.17. The smallest absolute Gasteiger partial charge is 0.230 e. The van der Waals surface area contributed by atoms with E-state index in [-0.39, 0.29) is 17.5 Å². The number of ether oxygens (including phenoxy) is 1. The van der Waals surface area contributed by atoms with Gasteiger partial charge in [-0.05, 0) is 30.7 Å². The second kappa shape index (κ2) is 10.0. The maximum Gasteiger partial charge on any atom is 0.230 e. The number of thioether (sulfide) groups is 1. The molecule has 0 fully saturated rings. The highest BCUT2D eigenvalue weighted by Crippen LogP contribution is 2.27. The molecule has 0 bridgehead atoms. The molecule has 0 aliphatic heterocycles. The molecule has 2 aromatic carbocycles. The highest BCUT2D eigenvalue weighted by Gasteiger charge is 2.17. The molecule has 0 aliphatic carbocycles. The molecule has 3 rings (SSSR count). The van der Waals surface area contributed by atoms with Crippen molar-refractivity contribution in [2.24, 2.45) is 0 Å². The van der Waals surface area contributed by atoms with Gasteiger partial charge in [0, 0.05) is 31.5 Å². The van der Waals surface area contributed by atoms with Crippen molar-refractivity contribution in [2.45, 2.75) is 11.6 Å². The van der Waals surface area contributed by atoms with Crippen molar-refractivity contribution in [1.29, 1.82) is 0 Å². The summed E-state index contributed by atoms with van der Waals surface area (Å²) in [6.07, 6.45) is 0.761.